The molecule has 1 aliphatic rings. The summed E-state index contributed by atoms with van der Waals surface area (Å²) in [6, 6.07) is 7.78. The lowest BCUT2D eigenvalue weighted by Gasteiger charge is -2.22. The smallest absolute Gasteiger partial charge is 0.326 e. The van der Waals surface area contributed by atoms with Gasteiger partial charge >= 0.3 is 5.97 Å². The van der Waals surface area contributed by atoms with Gasteiger partial charge in [0.05, 0.1) is 6.61 Å². The first kappa shape index (κ1) is 18.2. The summed E-state index contributed by atoms with van der Waals surface area (Å²) in [5.74, 6) is -0.328. The monoisotopic (exact) mass is 305 g/mol. The molecule has 1 aromatic rings. The van der Waals surface area contributed by atoms with E-state index in [2.05, 4.69) is 0 Å². The molecule has 2 rings (SSSR count). The summed E-state index contributed by atoms with van der Waals surface area (Å²) >= 11 is 0. The first-order valence-corrected chi connectivity index (χ1v) is 8.26. The van der Waals surface area contributed by atoms with Crippen LogP contribution in [0.15, 0.2) is 24.3 Å². The van der Waals surface area contributed by atoms with E-state index in [-0.39, 0.29) is 18.4 Å². The minimum atomic E-state index is -0.330. The van der Waals surface area contributed by atoms with Gasteiger partial charge in [-0.25, -0.2) is 0 Å². The van der Waals surface area contributed by atoms with Crippen LogP contribution in [0.25, 0.3) is 0 Å². The first-order valence-electron chi connectivity index (χ1n) is 8.26. The summed E-state index contributed by atoms with van der Waals surface area (Å²) in [5.41, 5.74) is 1.97. The molecule has 0 saturated heterocycles. The quantitative estimate of drug-likeness (QED) is 0.615. The molecule has 0 unspecified atom stereocenters. The van der Waals surface area contributed by atoms with E-state index in [9.17, 15) is 9.59 Å². The maximum Gasteiger partial charge on any atom is 0.326 e. The van der Waals surface area contributed by atoms with E-state index in [0.717, 1.165) is 36.9 Å². The van der Waals surface area contributed by atoms with Crippen molar-refractivity contribution in [3.63, 3.8) is 0 Å². The lowest BCUT2D eigenvalue weighted by Crippen LogP contribution is -2.36. The summed E-state index contributed by atoms with van der Waals surface area (Å²) in [4.78, 5) is 25.6. The van der Waals surface area contributed by atoms with Crippen LogP contribution in [-0.4, -0.2) is 25.0 Å². The molecule has 0 N–H and O–H groups in total. The van der Waals surface area contributed by atoms with Gasteiger partial charge in [0.25, 0.3) is 0 Å². The van der Waals surface area contributed by atoms with Gasteiger partial charge in [-0.15, -0.1) is 0 Å². The number of para-hydroxylation sites is 1. The number of aryl methyl sites for hydroxylation is 1. The van der Waals surface area contributed by atoms with Crippen LogP contribution in [0, 0.1) is 0 Å². The van der Waals surface area contributed by atoms with Crippen molar-refractivity contribution < 1.29 is 14.3 Å². The van der Waals surface area contributed by atoms with E-state index in [0.29, 0.717) is 13.0 Å². The second kappa shape index (κ2) is 9.98. The van der Waals surface area contributed by atoms with Gasteiger partial charge in [-0.2, -0.15) is 0 Å². The zero-order valence-electron chi connectivity index (χ0n) is 13.9. The Hall–Kier alpha value is -1.84. The Morgan fingerprint density at radius 3 is 2.68 bits per heavy atom. The highest BCUT2D eigenvalue weighted by Gasteiger charge is 2.24. The molecule has 0 atom stereocenters. The van der Waals surface area contributed by atoms with Crippen LogP contribution in [-0.2, 0) is 20.7 Å². The Morgan fingerprint density at radius 2 is 1.95 bits per heavy atom. The number of amides is 1. The Kier molecular flexibility index (Phi) is 8.26. The molecule has 0 fully saturated rings. The van der Waals surface area contributed by atoms with Crippen LogP contribution in [0.5, 0.6) is 0 Å². The molecule has 0 radical (unpaired) electrons. The van der Waals surface area contributed by atoms with Crippen molar-refractivity contribution in [2.45, 2.75) is 52.9 Å². The maximum absolute atomic E-state index is 12.2. The number of nitrogens with zero attached hydrogens (tertiary/aromatic N) is 1. The molecule has 4 heteroatoms. The van der Waals surface area contributed by atoms with Gasteiger partial charge in [-0.05, 0) is 30.9 Å². The number of carbonyl (C=O) groups is 2. The third-order valence-electron chi connectivity index (χ3n) is 3.47. The summed E-state index contributed by atoms with van der Waals surface area (Å²) in [5, 5.41) is 0. The summed E-state index contributed by atoms with van der Waals surface area (Å²) in [6.45, 7) is 6.49. The zero-order valence-corrected chi connectivity index (χ0v) is 13.9. The van der Waals surface area contributed by atoms with Crippen molar-refractivity contribution in [3.8, 4) is 0 Å². The van der Waals surface area contributed by atoms with Crippen LogP contribution in [0.2, 0.25) is 0 Å². The minimum Gasteiger partial charge on any atom is -0.464 e. The third-order valence-corrected chi connectivity index (χ3v) is 3.47. The van der Waals surface area contributed by atoms with E-state index in [4.69, 9.17) is 4.74 Å². The average Bonchev–Trinajstić information content (AvgIpc) is 2.70. The maximum atomic E-state index is 12.2. The number of rotatable bonds is 5. The number of carbonyl (C=O) groups excluding carboxylic acids is 2. The van der Waals surface area contributed by atoms with E-state index >= 15 is 0 Å². The van der Waals surface area contributed by atoms with E-state index in [1.807, 2.05) is 45.0 Å². The Balaban J connectivity index is 0.00000116. The zero-order chi connectivity index (χ0) is 16.4. The molecule has 1 heterocycles. The van der Waals surface area contributed by atoms with Crippen LogP contribution >= 0.6 is 0 Å². The molecule has 4 nitrogen and oxygen atoms in total. The van der Waals surface area contributed by atoms with Gasteiger partial charge in [-0.3, -0.25) is 9.59 Å². The van der Waals surface area contributed by atoms with E-state index in [1.54, 1.807) is 4.90 Å². The number of benzene rings is 1. The van der Waals surface area contributed by atoms with Crippen molar-refractivity contribution in [3.05, 3.63) is 29.8 Å². The average molecular weight is 305 g/mol. The highest BCUT2D eigenvalue weighted by Crippen LogP contribution is 2.26. The number of ether oxygens (including phenoxy) is 1. The van der Waals surface area contributed by atoms with Crippen molar-refractivity contribution in [2.24, 2.45) is 0 Å². The molecular weight excluding hydrogens is 278 g/mol. The SMILES string of the molecule is CC.CCCCOC(=O)CN1C(=O)CCCc2ccccc21. The predicted molar refractivity (Wildman–Crippen MR) is 88.9 cm³/mol. The lowest BCUT2D eigenvalue weighted by molar-refractivity contribution is -0.143. The molecule has 0 spiro atoms. The fourth-order valence-electron chi connectivity index (χ4n) is 2.36. The number of esters is 1. The van der Waals surface area contributed by atoms with Crippen LogP contribution in [0.4, 0.5) is 5.69 Å². The number of anilines is 1. The van der Waals surface area contributed by atoms with Crippen molar-refractivity contribution >= 4 is 17.6 Å². The molecule has 0 aromatic heterocycles. The number of unbranched alkanes of at least 4 members (excludes halogenated alkanes) is 1. The second-order valence-electron chi connectivity index (χ2n) is 5.04. The van der Waals surface area contributed by atoms with Gasteiger partial charge in [0.15, 0.2) is 0 Å². The van der Waals surface area contributed by atoms with Crippen molar-refractivity contribution in [2.75, 3.05) is 18.1 Å². The standard InChI is InChI=1S/C16H21NO3.C2H6/c1-2-3-11-20-16(19)12-17-14-9-5-4-7-13(14)8-6-10-15(17)18;1-2/h4-5,7,9H,2-3,6,8,10-12H2,1H3;1-2H3. The van der Waals surface area contributed by atoms with Gasteiger partial charge in [-0.1, -0.05) is 45.4 Å². The summed E-state index contributed by atoms with van der Waals surface area (Å²) in [7, 11) is 0. The Labute approximate surface area is 133 Å². The van der Waals surface area contributed by atoms with Gasteiger partial charge in [0, 0.05) is 12.1 Å². The fourth-order valence-corrected chi connectivity index (χ4v) is 2.36. The number of fused-ring (bicyclic) bond motifs is 1. The van der Waals surface area contributed by atoms with Crippen LogP contribution < -0.4 is 4.90 Å². The van der Waals surface area contributed by atoms with Crippen molar-refractivity contribution in [1.29, 1.82) is 0 Å². The third kappa shape index (κ3) is 5.17. The van der Waals surface area contributed by atoms with Gasteiger partial charge in [0.1, 0.15) is 6.54 Å². The normalized spacial score (nSPS) is 13.6. The van der Waals surface area contributed by atoms with Gasteiger partial charge in [0.2, 0.25) is 5.91 Å². The fraction of sp³-hybridized carbons (Fsp3) is 0.556. The van der Waals surface area contributed by atoms with Crippen LogP contribution in [0.3, 0.4) is 0 Å². The summed E-state index contributed by atoms with van der Waals surface area (Å²) in [6.07, 6.45) is 4.03. The molecule has 1 aromatic carbocycles. The van der Waals surface area contributed by atoms with Crippen LogP contribution in [0.1, 0.15) is 52.0 Å². The molecule has 0 saturated carbocycles. The largest absolute Gasteiger partial charge is 0.464 e. The lowest BCUT2D eigenvalue weighted by atomic mass is 10.1. The predicted octanol–water partition coefficient (Wildman–Crippen LogP) is 3.73. The van der Waals surface area contributed by atoms with E-state index in [1.165, 1.54) is 0 Å². The minimum absolute atomic E-state index is 0.00221. The highest BCUT2D eigenvalue weighted by atomic mass is 16.5. The Bertz CT molecular complexity index is 485. The molecule has 0 bridgehead atoms. The first-order chi connectivity index (χ1) is 10.7. The molecule has 0 aliphatic carbocycles. The molecule has 1 aliphatic heterocycles. The van der Waals surface area contributed by atoms with Crippen molar-refractivity contribution in [1.82, 2.24) is 0 Å². The second-order valence-corrected chi connectivity index (χ2v) is 5.04. The Morgan fingerprint density at radius 1 is 1.23 bits per heavy atom. The highest BCUT2D eigenvalue weighted by molar-refractivity contribution is 5.98. The summed E-state index contributed by atoms with van der Waals surface area (Å²) < 4.78 is 5.16. The van der Waals surface area contributed by atoms with Gasteiger partial charge < -0.3 is 9.64 Å². The van der Waals surface area contributed by atoms with E-state index < -0.39 is 0 Å². The molecular formula is C18H27NO3. The molecule has 22 heavy (non-hydrogen) atoms. The molecule has 122 valence electrons. The number of hydrogen-bond donors (Lipinski definition) is 0. The number of hydrogen-bond acceptors (Lipinski definition) is 3. The topological polar surface area (TPSA) is 46.6 Å². The molecule has 1 amide bonds.